The van der Waals surface area contributed by atoms with E-state index in [2.05, 4.69) is 44.8 Å². The average molecular weight is 280 g/mol. The summed E-state index contributed by atoms with van der Waals surface area (Å²) in [7, 11) is 0. The van der Waals surface area contributed by atoms with Gasteiger partial charge in [0.15, 0.2) is 0 Å². The predicted octanol–water partition coefficient (Wildman–Crippen LogP) is 3.80. The summed E-state index contributed by atoms with van der Waals surface area (Å²) in [6.07, 6.45) is 0. The maximum absolute atomic E-state index is 14.0. The van der Waals surface area contributed by atoms with Crippen LogP contribution in [0.15, 0.2) is 18.2 Å². The number of rotatable bonds is 8. The largest absolute Gasteiger partial charge is 0.313 e. The van der Waals surface area contributed by atoms with Crippen molar-refractivity contribution in [3.05, 3.63) is 35.1 Å². The number of nitrogens with zero attached hydrogens (tertiary/aromatic N) is 1. The van der Waals surface area contributed by atoms with Crippen molar-refractivity contribution >= 4 is 0 Å². The second-order valence-electron chi connectivity index (χ2n) is 6.12. The molecule has 3 heteroatoms. The van der Waals surface area contributed by atoms with Crippen LogP contribution in [0.4, 0.5) is 4.39 Å². The van der Waals surface area contributed by atoms with Gasteiger partial charge in [-0.15, -0.1) is 0 Å². The van der Waals surface area contributed by atoms with Crippen molar-refractivity contribution in [2.45, 2.75) is 53.8 Å². The Labute approximate surface area is 123 Å². The lowest BCUT2D eigenvalue weighted by Gasteiger charge is -2.28. The van der Waals surface area contributed by atoms with E-state index in [0.29, 0.717) is 18.5 Å². The van der Waals surface area contributed by atoms with Crippen LogP contribution in [-0.2, 0) is 13.1 Å². The normalized spacial score (nSPS) is 11.8. The average Bonchev–Trinajstić information content (AvgIpc) is 2.38. The molecule has 0 atom stereocenters. The molecule has 0 bridgehead atoms. The summed E-state index contributed by atoms with van der Waals surface area (Å²) >= 11 is 0. The Hall–Kier alpha value is -0.930. The summed E-state index contributed by atoms with van der Waals surface area (Å²) in [4.78, 5) is 2.33. The molecule has 2 nitrogen and oxygen atoms in total. The van der Waals surface area contributed by atoms with Gasteiger partial charge in [0.05, 0.1) is 0 Å². The van der Waals surface area contributed by atoms with Crippen LogP contribution in [-0.4, -0.2) is 24.0 Å². The van der Waals surface area contributed by atoms with Crippen LogP contribution >= 0.6 is 0 Å². The van der Waals surface area contributed by atoms with E-state index < -0.39 is 0 Å². The fourth-order valence-electron chi connectivity index (χ4n) is 2.27. The molecule has 1 aromatic carbocycles. The Morgan fingerprint density at radius 1 is 1.20 bits per heavy atom. The van der Waals surface area contributed by atoms with Crippen molar-refractivity contribution in [1.29, 1.82) is 0 Å². The zero-order valence-electron chi connectivity index (χ0n) is 13.5. The molecular weight excluding hydrogens is 251 g/mol. The lowest BCUT2D eigenvalue weighted by atomic mass is 10.1. The monoisotopic (exact) mass is 280 g/mol. The summed E-state index contributed by atoms with van der Waals surface area (Å²) < 4.78 is 14.0. The highest BCUT2D eigenvalue weighted by molar-refractivity contribution is 5.25. The summed E-state index contributed by atoms with van der Waals surface area (Å²) in [6.45, 7) is 14.2. The van der Waals surface area contributed by atoms with Gasteiger partial charge in [-0.2, -0.15) is 0 Å². The molecule has 0 fully saturated rings. The van der Waals surface area contributed by atoms with Crippen LogP contribution in [0, 0.1) is 11.7 Å². The van der Waals surface area contributed by atoms with Crippen LogP contribution in [0.25, 0.3) is 0 Å². The highest BCUT2D eigenvalue weighted by Gasteiger charge is 2.14. The standard InChI is InChI=1S/C17H29FN2/c1-6-19-10-15-7-8-17(18)16(9-15)12-20(14(4)5)11-13(2)3/h7-9,13-14,19H,6,10-12H2,1-5H3. The lowest BCUT2D eigenvalue weighted by molar-refractivity contribution is 0.187. The van der Waals surface area contributed by atoms with E-state index in [0.717, 1.165) is 30.8 Å². The van der Waals surface area contributed by atoms with Gasteiger partial charge in [0.1, 0.15) is 5.82 Å². The molecule has 0 saturated heterocycles. The van der Waals surface area contributed by atoms with Gasteiger partial charge in [-0.1, -0.05) is 32.9 Å². The first-order valence-corrected chi connectivity index (χ1v) is 7.66. The third-order valence-electron chi connectivity index (χ3n) is 3.39. The second-order valence-corrected chi connectivity index (χ2v) is 6.12. The summed E-state index contributed by atoms with van der Waals surface area (Å²) in [5.74, 6) is 0.491. The van der Waals surface area contributed by atoms with Crippen molar-refractivity contribution in [3.8, 4) is 0 Å². The zero-order valence-corrected chi connectivity index (χ0v) is 13.5. The molecule has 0 spiro atoms. The van der Waals surface area contributed by atoms with Crippen LogP contribution in [0.5, 0.6) is 0 Å². The van der Waals surface area contributed by atoms with E-state index in [-0.39, 0.29) is 5.82 Å². The van der Waals surface area contributed by atoms with Gasteiger partial charge in [-0.3, -0.25) is 4.90 Å². The number of hydrogen-bond donors (Lipinski definition) is 1. The third-order valence-corrected chi connectivity index (χ3v) is 3.39. The van der Waals surface area contributed by atoms with E-state index in [9.17, 15) is 4.39 Å². The molecule has 0 aliphatic heterocycles. The Kier molecular flexibility index (Phi) is 7.17. The van der Waals surface area contributed by atoms with Crippen LogP contribution in [0.3, 0.4) is 0 Å². The summed E-state index contributed by atoms with van der Waals surface area (Å²) in [6, 6.07) is 5.88. The molecule has 0 aromatic heterocycles. The highest BCUT2D eigenvalue weighted by Crippen LogP contribution is 2.16. The fraction of sp³-hybridized carbons (Fsp3) is 0.647. The van der Waals surface area contributed by atoms with Crippen LogP contribution < -0.4 is 5.32 Å². The molecule has 20 heavy (non-hydrogen) atoms. The molecule has 0 aliphatic carbocycles. The minimum Gasteiger partial charge on any atom is -0.313 e. The second kappa shape index (κ2) is 8.38. The number of hydrogen-bond acceptors (Lipinski definition) is 2. The van der Waals surface area contributed by atoms with E-state index in [1.807, 2.05) is 12.1 Å². The quantitative estimate of drug-likeness (QED) is 0.779. The molecule has 0 heterocycles. The van der Waals surface area contributed by atoms with Crippen molar-refractivity contribution < 1.29 is 4.39 Å². The first-order chi connectivity index (χ1) is 9.43. The van der Waals surface area contributed by atoms with Crippen molar-refractivity contribution in [3.63, 3.8) is 0 Å². The van der Waals surface area contributed by atoms with Crippen molar-refractivity contribution in [1.82, 2.24) is 10.2 Å². The Morgan fingerprint density at radius 2 is 1.90 bits per heavy atom. The highest BCUT2D eigenvalue weighted by atomic mass is 19.1. The van der Waals surface area contributed by atoms with E-state index in [4.69, 9.17) is 0 Å². The first-order valence-electron chi connectivity index (χ1n) is 7.66. The number of halogens is 1. The first kappa shape index (κ1) is 17.1. The molecular formula is C17H29FN2. The molecule has 1 N–H and O–H groups in total. The van der Waals surface area contributed by atoms with Gasteiger partial charge >= 0.3 is 0 Å². The molecule has 114 valence electrons. The van der Waals surface area contributed by atoms with E-state index in [1.165, 1.54) is 0 Å². The van der Waals surface area contributed by atoms with Crippen molar-refractivity contribution in [2.24, 2.45) is 5.92 Å². The lowest BCUT2D eigenvalue weighted by Crippen LogP contribution is -2.34. The van der Waals surface area contributed by atoms with Gasteiger partial charge < -0.3 is 5.32 Å². The van der Waals surface area contributed by atoms with E-state index in [1.54, 1.807) is 6.07 Å². The Bertz CT molecular complexity index is 402. The van der Waals surface area contributed by atoms with Crippen molar-refractivity contribution in [2.75, 3.05) is 13.1 Å². The molecule has 1 rings (SSSR count). The van der Waals surface area contributed by atoms with Gasteiger partial charge in [0.25, 0.3) is 0 Å². The maximum atomic E-state index is 14.0. The minimum absolute atomic E-state index is 0.0975. The Morgan fingerprint density at radius 3 is 2.45 bits per heavy atom. The minimum atomic E-state index is -0.0975. The molecule has 1 aromatic rings. The molecule has 0 unspecified atom stereocenters. The molecule has 0 radical (unpaired) electrons. The topological polar surface area (TPSA) is 15.3 Å². The summed E-state index contributed by atoms with van der Waals surface area (Å²) in [5.41, 5.74) is 1.95. The number of nitrogens with one attached hydrogen (secondary N) is 1. The maximum Gasteiger partial charge on any atom is 0.127 e. The van der Waals surface area contributed by atoms with Crippen LogP contribution in [0.1, 0.15) is 45.7 Å². The molecule has 0 saturated carbocycles. The van der Waals surface area contributed by atoms with Crippen LogP contribution in [0.2, 0.25) is 0 Å². The van der Waals surface area contributed by atoms with Gasteiger partial charge in [0, 0.05) is 31.2 Å². The fourth-order valence-corrected chi connectivity index (χ4v) is 2.27. The van der Waals surface area contributed by atoms with Gasteiger partial charge in [-0.05, 0) is 37.9 Å². The number of benzene rings is 1. The Balaban J connectivity index is 2.82. The SMILES string of the molecule is CCNCc1ccc(F)c(CN(CC(C)C)C(C)C)c1. The summed E-state index contributed by atoms with van der Waals surface area (Å²) in [5, 5.41) is 3.28. The molecule has 0 aliphatic rings. The van der Waals surface area contributed by atoms with Gasteiger partial charge in [0.2, 0.25) is 0 Å². The third kappa shape index (κ3) is 5.59. The smallest absolute Gasteiger partial charge is 0.127 e. The molecule has 0 amide bonds. The predicted molar refractivity (Wildman–Crippen MR) is 84.2 cm³/mol. The van der Waals surface area contributed by atoms with Gasteiger partial charge in [-0.25, -0.2) is 4.39 Å². The van der Waals surface area contributed by atoms with E-state index >= 15 is 0 Å². The zero-order chi connectivity index (χ0) is 15.1.